The zero-order valence-corrected chi connectivity index (χ0v) is 12.8. The Labute approximate surface area is 125 Å². The lowest BCUT2D eigenvalue weighted by Crippen LogP contribution is -2.39. The largest absolute Gasteiger partial charge is 0.481 e. The van der Waals surface area contributed by atoms with Gasteiger partial charge in [0.2, 0.25) is 0 Å². The predicted molar refractivity (Wildman–Crippen MR) is 80.8 cm³/mol. The van der Waals surface area contributed by atoms with E-state index in [4.69, 9.17) is 9.84 Å². The summed E-state index contributed by atoms with van der Waals surface area (Å²) in [5.41, 5.74) is 2.79. The van der Waals surface area contributed by atoms with Crippen LogP contribution in [0.25, 0.3) is 0 Å². The molecule has 0 aliphatic carbocycles. The highest BCUT2D eigenvalue weighted by Gasteiger charge is 2.20. The Morgan fingerprint density at radius 2 is 2.00 bits per heavy atom. The lowest BCUT2D eigenvalue weighted by atomic mass is 9.97. The van der Waals surface area contributed by atoms with E-state index in [0.717, 1.165) is 11.1 Å². The van der Waals surface area contributed by atoms with E-state index in [9.17, 15) is 9.59 Å². The van der Waals surface area contributed by atoms with Crippen molar-refractivity contribution in [3.63, 3.8) is 0 Å². The molecule has 1 aromatic carbocycles. The van der Waals surface area contributed by atoms with Crippen molar-refractivity contribution >= 4 is 11.8 Å². The summed E-state index contributed by atoms with van der Waals surface area (Å²) in [4.78, 5) is 23.2. The number of ketones is 1. The van der Waals surface area contributed by atoms with Crippen LogP contribution in [-0.2, 0) is 9.53 Å². The summed E-state index contributed by atoms with van der Waals surface area (Å²) in [6, 6.07) is 5.05. The Kier molecular flexibility index (Phi) is 7.05. The second-order valence-electron chi connectivity index (χ2n) is 5.10. The molecule has 0 fully saturated rings. The normalized spacial score (nSPS) is 12.1. The maximum atomic E-state index is 12.5. The highest BCUT2D eigenvalue weighted by molar-refractivity contribution is 6.00. The van der Waals surface area contributed by atoms with Crippen LogP contribution < -0.4 is 5.32 Å². The molecule has 116 valence electrons. The molecule has 0 amide bonds. The van der Waals surface area contributed by atoms with Gasteiger partial charge in [-0.1, -0.05) is 12.1 Å². The van der Waals surface area contributed by atoms with E-state index in [-0.39, 0.29) is 18.6 Å². The molecule has 1 aromatic rings. The van der Waals surface area contributed by atoms with Gasteiger partial charge in [-0.2, -0.15) is 0 Å². The van der Waals surface area contributed by atoms with Gasteiger partial charge >= 0.3 is 5.97 Å². The van der Waals surface area contributed by atoms with Crippen LogP contribution in [0.15, 0.2) is 18.2 Å². The summed E-state index contributed by atoms with van der Waals surface area (Å²) in [6.07, 6.45) is 0.228. The number of carboxylic acid groups (broad SMARTS) is 1. The molecular weight excluding hydrogens is 270 g/mol. The van der Waals surface area contributed by atoms with Crippen LogP contribution in [0.4, 0.5) is 0 Å². The average molecular weight is 293 g/mol. The van der Waals surface area contributed by atoms with E-state index >= 15 is 0 Å². The number of Topliss-reactive ketones (excluding diaryl/α,β-unsaturated/α-hetero) is 1. The van der Waals surface area contributed by atoms with Gasteiger partial charge in [0.05, 0.1) is 12.6 Å². The highest BCUT2D eigenvalue weighted by Crippen LogP contribution is 2.13. The Bertz CT molecular complexity index is 499. The van der Waals surface area contributed by atoms with E-state index in [1.54, 1.807) is 13.2 Å². The van der Waals surface area contributed by atoms with Crippen LogP contribution in [0, 0.1) is 13.8 Å². The van der Waals surface area contributed by atoms with Gasteiger partial charge in [-0.25, -0.2) is 0 Å². The number of rotatable bonds is 9. The van der Waals surface area contributed by atoms with Gasteiger partial charge in [0.1, 0.15) is 0 Å². The number of benzene rings is 1. The second-order valence-corrected chi connectivity index (χ2v) is 5.10. The molecule has 0 heterocycles. The molecule has 0 aliphatic heterocycles. The molecule has 0 bridgehead atoms. The molecule has 1 rings (SSSR count). The lowest BCUT2D eigenvalue weighted by Gasteiger charge is -2.17. The number of nitrogens with one attached hydrogen (secondary N) is 1. The second kappa shape index (κ2) is 8.54. The van der Waals surface area contributed by atoms with Gasteiger partial charge in [-0.05, 0) is 37.5 Å². The first-order valence-corrected chi connectivity index (χ1v) is 7.01. The minimum atomic E-state index is -0.901. The first-order chi connectivity index (χ1) is 9.95. The maximum absolute atomic E-state index is 12.5. The van der Waals surface area contributed by atoms with Gasteiger partial charge in [0.15, 0.2) is 5.78 Å². The molecule has 5 nitrogen and oxygen atoms in total. The lowest BCUT2D eigenvalue weighted by molar-refractivity contribution is -0.137. The third-order valence-corrected chi connectivity index (χ3v) is 3.45. The zero-order valence-electron chi connectivity index (χ0n) is 12.8. The summed E-state index contributed by atoms with van der Waals surface area (Å²) in [7, 11) is 1.58. The first-order valence-electron chi connectivity index (χ1n) is 7.01. The first kappa shape index (κ1) is 17.3. The Hall–Kier alpha value is -1.72. The van der Waals surface area contributed by atoms with Crippen LogP contribution >= 0.6 is 0 Å². The van der Waals surface area contributed by atoms with Crippen molar-refractivity contribution in [2.75, 3.05) is 20.3 Å². The summed E-state index contributed by atoms with van der Waals surface area (Å²) >= 11 is 0. The van der Waals surface area contributed by atoms with Gasteiger partial charge in [0, 0.05) is 25.6 Å². The van der Waals surface area contributed by atoms with E-state index in [2.05, 4.69) is 5.32 Å². The quantitative estimate of drug-likeness (QED) is 0.537. The molecule has 1 atom stereocenters. The predicted octanol–water partition coefficient (Wildman–Crippen LogP) is 1.96. The van der Waals surface area contributed by atoms with Crippen molar-refractivity contribution in [2.45, 2.75) is 32.7 Å². The van der Waals surface area contributed by atoms with E-state index in [1.165, 1.54) is 0 Å². The summed E-state index contributed by atoms with van der Waals surface area (Å²) < 4.78 is 4.95. The molecule has 0 radical (unpaired) electrons. The third-order valence-electron chi connectivity index (χ3n) is 3.45. The van der Waals surface area contributed by atoms with Crippen LogP contribution in [-0.4, -0.2) is 43.2 Å². The molecule has 2 N–H and O–H groups in total. The van der Waals surface area contributed by atoms with E-state index in [1.807, 2.05) is 26.0 Å². The Morgan fingerprint density at radius 1 is 1.29 bits per heavy atom. The molecule has 0 aromatic heterocycles. The number of carboxylic acids is 1. The summed E-state index contributed by atoms with van der Waals surface area (Å²) in [6.45, 7) is 4.93. The van der Waals surface area contributed by atoms with E-state index in [0.29, 0.717) is 18.7 Å². The molecule has 5 heteroatoms. The molecule has 0 aliphatic rings. The number of hydrogen-bond donors (Lipinski definition) is 2. The van der Waals surface area contributed by atoms with Crippen molar-refractivity contribution in [1.29, 1.82) is 0 Å². The molecule has 0 saturated carbocycles. The average Bonchev–Trinajstić information content (AvgIpc) is 2.44. The van der Waals surface area contributed by atoms with Crippen molar-refractivity contribution in [1.82, 2.24) is 5.32 Å². The summed E-state index contributed by atoms with van der Waals surface area (Å²) in [5, 5.41) is 11.9. The number of aryl methyl sites for hydroxylation is 2. The van der Waals surface area contributed by atoms with Gasteiger partial charge in [-0.15, -0.1) is 0 Å². The fourth-order valence-corrected chi connectivity index (χ4v) is 2.02. The number of hydrogen-bond acceptors (Lipinski definition) is 4. The van der Waals surface area contributed by atoms with E-state index < -0.39 is 12.0 Å². The standard InChI is InChI=1S/C16H23NO4/c1-11-4-5-13(10-12(11)2)16(20)14(6-7-15(18)19)17-8-9-21-3/h4-5,10,14,17H,6-9H2,1-3H3,(H,18,19). The Balaban J connectivity index is 2.81. The van der Waals surface area contributed by atoms with Crippen LogP contribution in [0.2, 0.25) is 0 Å². The Morgan fingerprint density at radius 3 is 2.57 bits per heavy atom. The monoisotopic (exact) mass is 293 g/mol. The zero-order chi connectivity index (χ0) is 15.8. The topological polar surface area (TPSA) is 75.6 Å². The number of carbonyl (C=O) groups is 2. The van der Waals surface area contributed by atoms with Crippen molar-refractivity contribution in [3.8, 4) is 0 Å². The molecule has 21 heavy (non-hydrogen) atoms. The SMILES string of the molecule is COCCNC(CCC(=O)O)C(=O)c1ccc(C)c(C)c1. The number of carbonyl (C=O) groups excluding carboxylic acids is 1. The molecule has 0 spiro atoms. The molecule has 1 unspecified atom stereocenters. The maximum Gasteiger partial charge on any atom is 0.303 e. The fourth-order valence-electron chi connectivity index (χ4n) is 2.02. The smallest absolute Gasteiger partial charge is 0.303 e. The number of ether oxygens (including phenoxy) is 1. The van der Waals surface area contributed by atoms with Crippen LogP contribution in [0.3, 0.4) is 0 Å². The number of aliphatic carboxylic acids is 1. The van der Waals surface area contributed by atoms with Crippen molar-refractivity contribution in [3.05, 3.63) is 34.9 Å². The third kappa shape index (κ3) is 5.65. The van der Waals surface area contributed by atoms with Crippen LogP contribution in [0.5, 0.6) is 0 Å². The summed E-state index contributed by atoms with van der Waals surface area (Å²) in [5.74, 6) is -0.975. The number of methoxy groups -OCH3 is 1. The van der Waals surface area contributed by atoms with Crippen molar-refractivity contribution < 1.29 is 19.4 Å². The molecular formula is C16H23NO4. The fraction of sp³-hybridized carbons (Fsp3) is 0.500. The van der Waals surface area contributed by atoms with Crippen LogP contribution in [0.1, 0.15) is 34.3 Å². The highest BCUT2D eigenvalue weighted by atomic mass is 16.5. The minimum absolute atomic E-state index is 0.0404. The van der Waals surface area contributed by atoms with Gasteiger partial charge in [0.25, 0.3) is 0 Å². The van der Waals surface area contributed by atoms with Gasteiger partial charge in [-0.3, -0.25) is 9.59 Å². The van der Waals surface area contributed by atoms with Crippen molar-refractivity contribution in [2.24, 2.45) is 0 Å². The van der Waals surface area contributed by atoms with Gasteiger partial charge < -0.3 is 15.2 Å². The minimum Gasteiger partial charge on any atom is -0.481 e. The molecule has 0 saturated heterocycles.